The van der Waals surface area contributed by atoms with Crippen molar-refractivity contribution in [2.75, 3.05) is 0 Å². The lowest BCUT2D eigenvalue weighted by Gasteiger charge is -1.40. The van der Waals surface area contributed by atoms with Crippen LogP contribution in [0, 0.1) is 0 Å². The first-order valence-corrected chi connectivity index (χ1v) is 6.22. The van der Waals surface area contributed by atoms with E-state index in [4.69, 9.17) is 0 Å². The van der Waals surface area contributed by atoms with E-state index >= 15 is 0 Å². The Kier molecular flexibility index (Phi) is 14.6. The van der Waals surface area contributed by atoms with Crippen LogP contribution in [0.1, 0.15) is 0 Å². The molecule has 0 aliphatic heterocycles. The zero-order chi connectivity index (χ0) is 17.6. The maximum absolute atomic E-state index is 4.37. The summed E-state index contributed by atoms with van der Waals surface area (Å²) in [6.45, 7) is 3.30. The van der Waals surface area contributed by atoms with Gasteiger partial charge in [0.25, 0.3) is 0 Å². The molecule has 0 nitrogen and oxygen atoms in total. The van der Waals surface area contributed by atoms with Crippen LogP contribution in [0.2, 0.25) is 0 Å². The molecule has 0 radical (unpaired) electrons. The molecule has 0 unspecified atom stereocenters. The number of hydrogen-bond acceptors (Lipinski definition) is 1. The van der Waals surface area contributed by atoms with Gasteiger partial charge in [0, 0.05) is 73.8 Å². The second-order valence-electron chi connectivity index (χ2n) is 2.78. The van der Waals surface area contributed by atoms with Gasteiger partial charge in [-0.25, -0.2) is 0 Å². The fraction of sp³-hybridized carbons (Fsp3) is 0. The first kappa shape index (κ1) is 19.2. The summed E-state index contributed by atoms with van der Waals surface area (Å²) in [6, 6.07) is 0. The van der Waals surface area contributed by atoms with Crippen molar-refractivity contribution in [2.24, 2.45) is 0 Å². The average Bonchev–Trinajstić information content (AvgIpc) is 2.60. The van der Waals surface area contributed by atoms with E-state index in [1.54, 1.807) is 0 Å². The van der Waals surface area contributed by atoms with Gasteiger partial charge < -0.3 is 0 Å². The molecule has 24 heavy (non-hydrogen) atoms. The van der Waals surface area contributed by atoms with Crippen LogP contribution in [0.3, 0.4) is 0 Å². The van der Waals surface area contributed by atoms with Crippen molar-refractivity contribution < 1.29 is 0 Å². The van der Waals surface area contributed by atoms with Gasteiger partial charge in [-0.05, 0) is 64.6 Å². The molecule has 0 rings (SSSR count). The SMILES string of the molecule is C=C=C=C=C=C=C=C=C=C=C=C=C=C=C=C=C=C=C=C=C=C=C=S. The lowest BCUT2D eigenvalue weighted by Crippen LogP contribution is -1.25. The van der Waals surface area contributed by atoms with Crippen molar-refractivity contribution in [3.05, 3.63) is 127 Å². The molecular weight excluding hydrogens is 308 g/mol. The summed E-state index contributed by atoms with van der Waals surface area (Å²) in [5.41, 5.74) is 51.8. The molecule has 0 saturated carbocycles. The second kappa shape index (κ2) is 18.2. The minimum Gasteiger partial charge on any atom is -0.0687 e. The van der Waals surface area contributed by atoms with E-state index in [1.165, 1.54) is 0 Å². The second-order valence-corrected chi connectivity index (χ2v) is 2.98. The number of hydrogen-bond donors (Lipinski definition) is 0. The van der Waals surface area contributed by atoms with E-state index in [0.29, 0.717) is 0 Å². The Labute approximate surface area is 144 Å². The first-order valence-electron chi connectivity index (χ1n) is 5.81. The summed E-state index contributed by atoms with van der Waals surface area (Å²) in [4.78, 5) is 0. The molecule has 0 fully saturated rings. The molecule has 0 bridgehead atoms. The molecular formula is C23H2S. The molecule has 0 atom stereocenters. The highest BCUT2D eigenvalue weighted by atomic mass is 32.1. The van der Waals surface area contributed by atoms with Crippen molar-refractivity contribution >= 4 is 17.2 Å². The fourth-order valence-corrected chi connectivity index (χ4v) is 0.683. The zero-order valence-corrected chi connectivity index (χ0v) is 12.9. The molecule has 0 aromatic heterocycles. The molecule has 0 aromatic rings. The van der Waals surface area contributed by atoms with Gasteiger partial charge in [-0.15, -0.1) is 0 Å². The quantitative estimate of drug-likeness (QED) is 0.481. The molecule has 1 heteroatoms. The summed E-state index contributed by atoms with van der Waals surface area (Å²) >= 11 is 4.37. The Morgan fingerprint density at radius 2 is 0.542 bits per heavy atom. The standard InChI is InChI=1S/C23H2S/c1-2-3-4-5-6-7-8-9-10-11-12-13-14-15-16-17-18-19-20-21-22-23-24/h1H2. The average molecular weight is 310 g/mol. The number of thiocarbonyl (C=S) groups is 1. The van der Waals surface area contributed by atoms with E-state index in [0.717, 1.165) is 0 Å². The van der Waals surface area contributed by atoms with Crippen LogP contribution in [0.5, 0.6) is 0 Å². The summed E-state index contributed by atoms with van der Waals surface area (Å²) < 4.78 is 0. The van der Waals surface area contributed by atoms with Gasteiger partial charge in [-0.3, -0.25) is 0 Å². The van der Waals surface area contributed by atoms with Gasteiger partial charge in [0.2, 0.25) is 0 Å². The normalized spacial score (nSPS) is 3.83. The maximum Gasteiger partial charge on any atom is 0.0148 e. The molecule has 0 aromatic carbocycles. The lowest BCUT2D eigenvalue weighted by atomic mass is 10.6. The highest BCUT2D eigenvalue weighted by Gasteiger charge is 1.42. The molecule has 0 saturated heterocycles. The smallest absolute Gasteiger partial charge is 0.0148 e. The third-order valence-corrected chi connectivity index (χ3v) is 1.43. The number of rotatable bonds is 0. The molecule has 0 spiro atoms. The fourth-order valence-electron chi connectivity index (χ4n) is 0.632. The van der Waals surface area contributed by atoms with Crippen LogP contribution < -0.4 is 0 Å². The largest absolute Gasteiger partial charge is 0.0687 e. The summed E-state index contributed by atoms with van der Waals surface area (Å²) in [5, 5.41) is 2.21. The summed E-state index contributed by atoms with van der Waals surface area (Å²) in [5.74, 6) is 0. The van der Waals surface area contributed by atoms with Crippen LogP contribution >= 0.6 is 12.2 Å². The van der Waals surface area contributed by atoms with Crippen molar-refractivity contribution in [1.29, 1.82) is 0 Å². The third kappa shape index (κ3) is 17.2. The van der Waals surface area contributed by atoms with Crippen molar-refractivity contribution in [3.63, 3.8) is 0 Å². The Morgan fingerprint density at radius 1 is 0.333 bits per heavy atom. The van der Waals surface area contributed by atoms with Gasteiger partial charge in [0.05, 0.1) is 0 Å². The molecule has 0 aliphatic rings. The Morgan fingerprint density at radius 3 is 0.750 bits per heavy atom. The predicted molar refractivity (Wildman–Crippen MR) is 92.0 cm³/mol. The summed E-state index contributed by atoms with van der Waals surface area (Å²) in [7, 11) is 0. The monoisotopic (exact) mass is 310 g/mol. The maximum atomic E-state index is 4.37. The summed E-state index contributed by atoms with van der Waals surface area (Å²) in [6.07, 6.45) is 0. The van der Waals surface area contributed by atoms with Gasteiger partial charge in [-0.1, -0.05) is 5.73 Å². The Bertz CT molecular complexity index is 1230. The van der Waals surface area contributed by atoms with E-state index in [9.17, 15) is 0 Å². The first-order chi connectivity index (χ1) is 11.9. The minimum atomic E-state index is 2.21. The van der Waals surface area contributed by atoms with Gasteiger partial charge in [0.1, 0.15) is 0 Å². The van der Waals surface area contributed by atoms with Crippen LogP contribution in [0.15, 0.2) is 127 Å². The van der Waals surface area contributed by atoms with Gasteiger partial charge in [-0.2, -0.15) is 0 Å². The molecule has 0 amide bonds. The van der Waals surface area contributed by atoms with E-state index in [2.05, 4.69) is 144 Å². The van der Waals surface area contributed by atoms with Crippen LogP contribution in [0.25, 0.3) is 0 Å². The van der Waals surface area contributed by atoms with Gasteiger partial charge in [0.15, 0.2) is 0 Å². The highest BCUT2D eigenvalue weighted by Crippen LogP contribution is 1.57. The predicted octanol–water partition coefficient (Wildman–Crippen LogP) is 4.03. The molecule has 100 valence electrons. The molecule has 0 N–H and O–H groups in total. The van der Waals surface area contributed by atoms with E-state index in [1.807, 2.05) is 0 Å². The van der Waals surface area contributed by atoms with E-state index < -0.39 is 0 Å². The van der Waals surface area contributed by atoms with Crippen LogP contribution in [0.4, 0.5) is 0 Å². The molecule has 0 aliphatic carbocycles. The Hall–Kier alpha value is -4.75. The van der Waals surface area contributed by atoms with Crippen molar-refractivity contribution in [2.45, 2.75) is 0 Å². The molecule has 0 heterocycles. The van der Waals surface area contributed by atoms with Gasteiger partial charge >= 0.3 is 0 Å². The van der Waals surface area contributed by atoms with Crippen LogP contribution in [-0.4, -0.2) is 5.02 Å². The zero-order valence-electron chi connectivity index (χ0n) is 12.1. The highest BCUT2D eigenvalue weighted by molar-refractivity contribution is 7.78. The Balaban J connectivity index is 5.86. The minimum absolute atomic E-state index is 2.21. The van der Waals surface area contributed by atoms with Crippen LogP contribution in [-0.2, 0) is 0 Å². The third-order valence-electron chi connectivity index (χ3n) is 1.33. The van der Waals surface area contributed by atoms with Crippen molar-refractivity contribution in [3.8, 4) is 0 Å². The van der Waals surface area contributed by atoms with Crippen molar-refractivity contribution in [1.82, 2.24) is 0 Å². The van der Waals surface area contributed by atoms with E-state index in [-0.39, 0.29) is 0 Å². The lowest BCUT2D eigenvalue weighted by molar-refractivity contribution is 2.11. The topological polar surface area (TPSA) is 0 Å².